The first kappa shape index (κ1) is 15.0. The number of nitrogens with one attached hydrogen (secondary N) is 1. The summed E-state index contributed by atoms with van der Waals surface area (Å²) in [5, 5.41) is 4.35. The molecular weight excluding hydrogens is 342 g/mol. The van der Waals surface area contributed by atoms with Crippen LogP contribution in [0.25, 0.3) is 0 Å². The van der Waals surface area contributed by atoms with Crippen LogP contribution in [0.1, 0.15) is 29.0 Å². The fourth-order valence-electron chi connectivity index (χ4n) is 2.18. The van der Waals surface area contributed by atoms with E-state index in [9.17, 15) is 0 Å². The van der Waals surface area contributed by atoms with Crippen LogP contribution in [0.4, 0.5) is 0 Å². The number of halogens is 2. The number of hydrogen-bond acceptors (Lipinski definition) is 2. The van der Waals surface area contributed by atoms with Crippen LogP contribution in [0, 0.1) is 6.92 Å². The molecule has 102 valence electrons. The molecule has 1 heterocycles. The van der Waals surface area contributed by atoms with Crippen LogP contribution in [0.15, 0.2) is 34.1 Å². The van der Waals surface area contributed by atoms with Crippen molar-refractivity contribution >= 4 is 38.9 Å². The molecule has 2 aromatic rings. The Morgan fingerprint density at radius 1 is 1.32 bits per heavy atom. The summed E-state index contributed by atoms with van der Waals surface area (Å²) in [5.74, 6) is 0. The highest BCUT2D eigenvalue weighted by Gasteiger charge is 2.13. The first-order chi connectivity index (χ1) is 9.08. The maximum absolute atomic E-state index is 6.17. The summed E-state index contributed by atoms with van der Waals surface area (Å²) in [6.45, 7) is 5.16. The van der Waals surface area contributed by atoms with Crippen LogP contribution in [0.2, 0.25) is 5.02 Å². The lowest BCUT2D eigenvalue weighted by atomic mass is 10.0. The van der Waals surface area contributed by atoms with E-state index in [2.05, 4.69) is 59.4 Å². The van der Waals surface area contributed by atoms with Crippen molar-refractivity contribution in [2.45, 2.75) is 26.3 Å². The molecule has 0 aliphatic heterocycles. The van der Waals surface area contributed by atoms with Gasteiger partial charge in [0.25, 0.3) is 0 Å². The fraction of sp³-hybridized carbons (Fsp3) is 0.333. The lowest BCUT2D eigenvalue weighted by Gasteiger charge is -2.18. The van der Waals surface area contributed by atoms with Gasteiger partial charge in [-0.05, 0) is 64.8 Å². The average molecular weight is 359 g/mol. The molecule has 1 aromatic heterocycles. The van der Waals surface area contributed by atoms with Crippen molar-refractivity contribution in [2.24, 2.45) is 0 Å². The van der Waals surface area contributed by atoms with Crippen LogP contribution in [-0.4, -0.2) is 6.54 Å². The second kappa shape index (κ2) is 6.89. The Bertz CT molecular complexity index is 533. The van der Waals surface area contributed by atoms with Crippen molar-refractivity contribution in [3.63, 3.8) is 0 Å². The molecule has 1 atom stereocenters. The summed E-state index contributed by atoms with van der Waals surface area (Å²) in [6.07, 6.45) is 0.990. The zero-order valence-corrected chi connectivity index (χ0v) is 14.2. The van der Waals surface area contributed by atoms with Gasteiger partial charge in [-0.25, -0.2) is 0 Å². The summed E-state index contributed by atoms with van der Waals surface area (Å²) < 4.78 is 1.18. The Morgan fingerprint density at radius 3 is 2.68 bits per heavy atom. The average Bonchev–Trinajstić information content (AvgIpc) is 2.73. The van der Waals surface area contributed by atoms with E-state index in [1.54, 1.807) is 11.3 Å². The molecule has 0 aliphatic rings. The van der Waals surface area contributed by atoms with Gasteiger partial charge in [-0.1, -0.05) is 24.6 Å². The molecule has 0 bridgehead atoms. The number of likely N-dealkylation sites (N-methyl/N-ethyl adjacent to an activating group) is 1. The molecule has 0 spiro atoms. The third-order valence-corrected chi connectivity index (χ3v) is 4.82. The minimum absolute atomic E-state index is 0.313. The molecule has 19 heavy (non-hydrogen) atoms. The smallest absolute Gasteiger partial charge is 0.0701 e. The van der Waals surface area contributed by atoms with E-state index >= 15 is 0 Å². The van der Waals surface area contributed by atoms with Gasteiger partial charge < -0.3 is 5.32 Å². The standard InChI is InChI=1S/C15H17BrClNS/c1-3-18-14(9-13-4-5-15(16)19-13)11-6-10(2)7-12(17)8-11/h4-8,14,18H,3,9H2,1-2H3. The van der Waals surface area contributed by atoms with Gasteiger partial charge in [-0.2, -0.15) is 0 Å². The van der Waals surface area contributed by atoms with Crippen molar-refractivity contribution in [1.82, 2.24) is 5.32 Å². The number of benzene rings is 1. The Hall–Kier alpha value is -0.350. The summed E-state index contributed by atoms with van der Waals surface area (Å²) in [6, 6.07) is 10.9. The molecule has 0 aliphatic carbocycles. The fourth-order valence-corrected chi connectivity index (χ4v) is 4.01. The van der Waals surface area contributed by atoms with Crippen molar-refractivity contribution in [2.75, 3.05) is 6.54 Å². The van der Waals surface area contributed by atoms with Gasteiger partial charge in [0.15, 0.2) is 0 Å². The summed E-state index contributed by atoms with van der Waals surface area (Å²) in [5.41, 5.74) is 2.47. The van der Waals surface area contributed by atoms with Gasteiger partial charge in [-0.3, -0.25) is 0 Å². The second-order valence-corrected chi connectivity index (χ2v) is 7.57. The lowest BCUT2D eigenvalue weighted by molar-refractivity contribution is 0.553. The van der Waals surface area contributed by atoms with Gasteiger partial charge in [0.1, 0.15) is 0 Å². The summed E-state index contributed by atoms with van der Waals surface area (Å²) in [4.78, 5) is 1.37. The molecule has 0 fully saturated rings. The first-order valence-corrected chi connectivity index (χ1v) is 8.32. The molecule has 0 saturated carbocycles. The highest BCUT2D eigenvalue weighted by Crippen LogP contribution is 2.28. The van der Waals surface area contributed by atoms with Crippen molar-refractivity contribution in [1.29, 1.82) is 0 Å². The van der Waals surface area contributed by atoms with E-state index < -0.39 is 0 Å². The molecule has 0 radical (unpaired) electrons. The van der Waals surface area contributed by atoms with Gasteiger partial charge in [0, 0.05) is 22.4 Å². The molecule has 0 amide bonds. The van der Waals surface area contributed by atoms with Crippen molar-refractivity contribution in [3.05, 3.63) is 55.1 Å². The predicted molar refractivity (Wildman–Crippen MR) is 88.3 cm³/mol. The Kier molecular flexibility index (Phi) is 5.46. The second-order valence-electron chi connectivity index (χ2n) is 4.58. The molecule has 0 saturated heterocycles. The normalized spacial score (nSPS) is 12.6. The zero-order chi connectivity index (χ0) is 13.8. The van der Waals surface area contributed by atoms with Gasteiger partial charge >= 0.3 is 0 Å². The number of aryl methyl sites for hydroxylation is 1. The maximum atomic E-state index is 6.17. The number of rotatable bonds is 5. The van der Waals surface area contributed by atoms with Crippen molar-refractivity contribution in [3.8, 4) is 0 Å². The van der Waals surface area contributed by atoms with Gasteiger partial charge in [0.2, 0.25) is 0 Å². The lowest BCUT2D eigenvalue weighted by Crippen LogP contribution is -2.22. The topological polar surface area (TPSA) is 12.0 Å². The minimum atomic E-state index is 0.313. The predicted octanol–water partition coefficient (Wildman–Crippen LogP) is 5.37. The van der Waals surface area contributed by atoms with E-state index in [-0.39, 0.29) is 0 Å². The first-order valence-electron chi connectivity index (χ1n) is 6.33. The quantitative estimate of drug-likeness (QED) is 0.758. The van der Waals surface area contributed by atoms with Crippen LogP contribution < -0.4 is 5.32 Å². The molecule has 1 nitrogen and oxygen atoms in total. The Labute approximate surface area is 132 Å². The van der Waals surface area contributed by atoms with E-state index in [0.717, 1.165) is 18.0 Å². The van der Waals surface area contributed by atoms with E-state index in [4.69, 9.17) is 11.6 Å². The Balaban J connectivity index is 2.23. The molecule has 1 unspecified atom stereocenters. The molecule has 1 N–H and O–H groups in total. The summed E-state index contributed by atoms with van der Waals surface area (Å²) >= 11 is 11.5. The van der Waals surface area contributed by atoms with Gasteiger partial charge in [0.05, 0.1) is 3.79 Å². The van der Waals surface area contributed by atoms with Crippen LogP contribution in [0.5, 0.6) is 0 Å². The molecular formula is C15H17BrClNS. The largest absolute Gasteiger partial charge is 0.310 e. The monoisotopic (exact) mass is 357 g/mol. The zero-order valence-electron chi connectivity index (χ0n) is 11.0. The molecule has 4 heteroatoms. The molecule has 2 rings (SSSR count). The Morgan fingerprint density at radius 2 is 2.11 bits per heavy atom. The molecule has 1 aromatic carbocycles. The highest BCUT2D eigenvalue weighted by atomic mass is 79.9. The minimum Gasteiger partial charge on any atom is -0.310 e. The number of thiophene rings is 1. The van der Waals surface area contributed by atoms with Crippen LogP contribution in [-0.2, 0) is 6.42 Å². The number of hydrogen-bond donors (Lipinski definition) is 1. The van der Waals surface area contributed by atoms with E-state index in [1.165, 1.54) is 19.8 Å². The van der Waals surface area contributed by atoms with E-state index in [0.29, 0.717) is 6.04 Å². The van der Waals surface area contributed by atoms with Crippen LogP contribution >= 0.6 is 38.9 Å². The highest BCUT2D eigenvalue weighted by molar-refractivity contribution is 9.11. The maximum Gasteiger partial charge on any atom is 0.0701 e. The SMILES string of the molecule is CCNC(Cc1ccc(Br)s1)c1cc(C)cc(Cl)c1. The third-order valence-electron chi connectivity index (χ3n) is 2.95. The van der Waals surface area contributed by atoms with Crippen LogP contribution in [0.3, 0.4) is 0 Å². The van der Waals surface area contributed by atoms with E-state index in [1.807, 2.05) is 6.07 Å². The summed E-state index contributed by atoms with van der Waals surface area (Å²) in [7, 11) is 0. The van der Waals surface area contributed by atoms with Gasteiger partial charge in [-0.15, -0.1) is 11.3 Å². The van der Waals surface area contributed by atoms with Crippen molar-refractivity contribution < 1.29 is 0 Å². The third kappa shape index (κ3) is 4.32.